The van der Waals surface area contributed by atoms with Gasteiger partial charge in [0.15, 0.2) is 0 Å². The molecule has 2 rings (SSSR count). The molecule has 1 aromatic heterocycles. The van der Waals surface area contributed by atoms with Gasteiger partial charge in [0.2, 0.25) is 10.0 Å². The Kier molecular flexibility index (Phi) is 6.37. The second kappa shape index (κ2) is 8.07. The van der Waals surface area contributed by atoms with E-state index in [1.54, 1.807) is 22.4 Å². The van der Waals surface area contributed by atoms with Gasteiger partial charge in [0.05, 0.1) is 12.8 Å². The first-order valence-corrected chi connectivity index (χ1v) is 10.4. The van der Waals surface area contributed by atoms with Gasteiger partial charge in [-0.2, -0.15) is 4.31 Å². The monoisotopic (exact) mass is 360 g/mol. The van der Waals surface area contributed by atoms with Crippen LogP contribution < -0.4 is 5.32 Å². The summed E-state index contributed by atoms with van der Waals surface area (Å²) in [5.41, 5.74) is 0. The van der Waals surface area contributed by atoms with E-state index in [0.717, 1.165) is 24.3 Å². The first kappa shape index (κ1) is 18.2. The molecule has 1 atom stereocenters. The van der Waals surface area contributed by atoms with Gasteiger partial charge in [-0.25, -0.2) is 18.2 Å². The Balaban J connectivity index is 1.77. The maximum atomic E-state index is 12.0. The maximum absolute atomic E-state index is 12.0. The number of piperidine rings is 1. The Morgan fingerprint density at radius 1 is 1.52 bits per heavy atom. The Hall–Kier alpha value is -1.19. The minimum absolute atomic E-state index is 0.0108. The summed E-state index contributed by atoms with van der Waals surface area (Å²) in [7, 11) is -1.45. The number of urea groups is 1. The van der Waals surface area contributed by atoms with Gasteiger partial charge in [-0.3, -0.25) is 0 Å². The zero-order chi connectivity index (χ0) is 16.9. The highest BCUT2D eigenvalue weighted by Gasteiger charge is 2.28. The number of carbonyl (C=O) groups is 1. The van der Waals surface area contributed by atoms with E-state index in [9.17, 15) is 13.2 Å². The zero-order valence-corrected chi connectivity index (χ0v) is 15.2. The number of aromatic nitrogens is 1. The van der Waals surface area contributed by atoms with Crippen molar-refractivity contribution in [2.45, 2.75) is 38.3 Å². The molecule has 0 aliphatic carbocycles. The smallest absolute Gasteiger partial charge is 0.317 e. The first-order valence-electron chi connectivity index (χ1n) is 7.72. The molecule has 0 bridgehead atoms. The van der Waals surface area contributed by atoms with Crippen LogP contribution in [0, 0.1) is 0 Å². The second-order valence-corrected chi connectivity index (χ2v) is 8.74. The quantitative estimate of drug-likeness (QED) is 0.833. The van der Waals surface area contributed by atoms with Crippen LogP contribution in [0.25, 0.3) is 0 Å². The Bertz CT molecular complexity index is 604. The lowest BCUT2D eigenvalue weighted by molar-refractivity contribution is 0.202. The SMILES string of the molecule is CN(Cc1nccs1)C(=O)NCC[C@H]1CCCCN1S(C)(=O)=O. The molecule has 1 aromatic rings. The highest BCUT2D eigenvalue weighted by atomic mass is 32.2. The van der Waals surface area contributed by atoms with Gasteiger partial charge in [-0.1, -0.05) is 6.42 Å². The van der Waals surface area contributed by atoms with Crippen LogP contribution in [0.4, 0.5) is 4.79 Å². The summed E-state index contributed by atoms with van der Waals surface area (Å²) in [5.74, 6) is 0. The van der Waals surface area contributed by atoms with E-state index < -0.39 is 10.0 Å². The van der Waals surface area contributed by atoms with Crippen LogP contribution in [0.15, 0.2) is 11.6 Å². The van der Waals surface area contributed by atoms with E-state index >= 15 is 0 Å². The standard InChI is InChI=1S/C14H24N4O3S2/c1-17(11-13-15-8-10-22-13)14(19)16-7-6-12-5-3-4-9-18(12)23(2,20)21/h8,10,12H,3-7,9,11H2,1-2H3,(H,16,19)/t12-/m1/s1. The minimum atomic E-state index is -3.17. The van der Waals surface area contributed by atoms with Crippen LogP contribution in [0.1, 0.15) is 30.7 Å². The normalized spacial score (nSPS) is 19.5. The average Bonchev–Trinajstić information content (AvgIpc) is 2.99. The lowest BCUT2D eigenvalue weighted by Gasteiger charge is -2.33. The molecule has 0 saturated carbocycles. The van der Waals surface area contributed by atoms with E-state index in [2.05, 4.69) is 10.3 Å². The number of nitrogens with zero attached hydrogens (tertiary/aromatic N) is 3. The predicted molar refractivity (Wildman–Crippen MR) is 90.8 cm³/mol. The van der Waals surface area contributed by atoms with Gasteiger partial charge in [0.25, 0.3) is 0 Å². The first-order chi connectivity index (χ1) is 10.9. The van der Waals surface area contributed by atoms with E-state index in [1.165, 1.54) is 17.6 Å². The molecule has 1 fully saturated rings. The van der Waals surface area contributed by atoms with Crippen molar-refractivity contribution >= 4 is 27.4 Å². The van der Waals surface area contributed by atoms with Gasteiger partial charge >= 0.3 is 6.03 Å². The fourth-order valence-corrected chi connectivity index (χ4v) is 4.67. The van der Waals surface area contributed by atoms with Gasteiger partial charge in [0.1, 0.15) is 5.01 Å². The molecule has 130 valence electrons. The molecular formula is C14H24N4O3S2. The summed E-state index contributed by atoms with van der Waals surface area (Å²) >= 11 is 1.51. The van der Waals surface area contributed by atoms with Crippen molar-refractivity contribution in [3.8, 4) is 0 Å². The number of rotatable bonds is 6. The van der Waals surface area contributed by atoms with E-state index in [-0.39, 0.29) is 12.1 Å². The Labute approximate surface area is 141 Å². The molecular weight excluding hydrogens is 336 g/mol. The molecule has 1 saturated heterocycles. The Morgan fingerprint density at radius 3 is 2.96 bits per heavy atom. The van der Waals surface area contributed by atoms with Gasteiger partial charge < -0.3 is 10.2 Å². The van der Waals surface area contributed by atoms with Crippen LogP contribution in [0.2, 0.25) is 0 Å². The average molecular weight is 361 g/mol. The maximum Gasteiger partial charge on any atom is 0.317 e. The molecule has 9 heteroatoms. The third-order valence-corrected chi connectivity index (χ3v) is 6.05. The van der Waals surface area contributed by atoms with Crippen molar-refractivity contribution in [1.29, 1.82) is 0 Å². The van der Waals surface area contributed by atoms with Crippen LogP contribution in [0.3, 0.4) is 0 Å². The number of carbonyl (C=O) groups excluding carboxylic acids is 1. The van der Waals surface area contributed by atoms with Crippen molar-refractivity contribution in [1.82, 2.24) is 19.5 Å². The van der Waals surface area contributed by atoms with Crippen molar-refractivity contribution in [2.75, 3.05) is 26.4 Å². The second-order valence-electron chi connectivity index (χ2n) is 5.83. The lowest BCUT2D eigenvalue weighted by Crippen LogP contribution is -2.45. The van der Waals surface area contributed by atoms with E-state index in [1.807, 2.05) is 5.38 Å². The number of nitrogens with one attached hydrogen (secondary N) is 1. The molecule has 1 aliphatic heterocycles. The summed E-state index contributed by atoms with van der Waals surface area (Å²) < 4.78 is 25.2. The molecule has 0 unspecified atom stereocenters. The predicted octanol–water partition coefficient (Wildman–Crippen LogP) is 1.49. The van der Waals surface area contributed by atoms with Crippen molar-refractivity contribution in [3.63, 3.8) is 0 Å². The summed E-state index contributed by atoms with van der Waals surface area (Å²) in [4.78, 5) is 17.8. The highest BCUT2D eigenvalue weighted by Crippen LogP contribution is 2.21. The number of sulfonamides is 1. The third-order valence-electron chi connectivity index (χ3n) is 3.96. The number of amides is 2. The summed E-state index contributed by atoms with van der Waals surface area (Å²) in [6.45, 7) is 1.53. The number of hydrogen-bond acceptors (Lipinski definition) is 5. The molecule has 0 spiro atoms. The van der Waals surface area contributed by atoms with E-state index in [0.29, 0.717) is 26.1 Å². The highest BCUT2D eigenvalue weighted by molar-refractivity contribution is 7.88. The molecule has 2 amide bonds. The zero-order valence-electron chi connectivity index (χ0n) is 13.6. The lowest BCUT2D eigenvalue weighted by atomic mass is 10.0. The molecule has 23 heavy (non-hydrogen) atoms. The molecule has 0 aromatic carbocycles. The topological polar surface area (TPSA) is 82.6 Å². The number of hydrogen-bond donors (Lipinski definition) is 1. The fourth-order valence-electron chi connectivity index (χ4n) is 2.79. The van der Waals surface area contributed by atoms with Gasteiger partial charge in [0, 0.05) is 37.8 Å². The molecule has 2 heterocycles. The van der Waals surface area contributed by atoms with E-state index in [4.69, 9.17) is 0 Å². The molecule has 7 nitrogen and oxygen atoms in total. The Morgan fingerprint density at radius 2 is 2.30 bits per heavy atom. The van der Waals surface area contributed by atoms with Crippen molar-refractivity contribution < 1.29 is 13.2 Å². The summed E-state index contributed by atoms with van der Waals surface area (Å²) in [6, 6.07) is -0.176. The van der Waals surface area contributed by atoms with Crippen molar-refractivity contribution in [2.24, 2.45) is 0 Å². The van der Waals surface area contributed by atoms with Gasteiger partial charge in [-0.15, -0.1) is 11.3 Å². The molecule has 0 radical (unpaired) electrons. The largest absolute Gasteiger partial charge is 0.338 e. The van der Waals surface area contributed by atoms with Crippen LogP contribution in [-0.4, -0.2) is 61.1 Å². The fraction of sp³-hybridized carbons (Fsp3) is 0.714. The third kappa shape index (κ3) is 5.43. The number of thiazole rings is 1. The molecule has 1 aliphatic rings. The van der Waals surface area contributed by atoms with Crippen LogP contribution >= 0.6 is 11.3 Å². The minimum Gasteiger partial charge on any atom is -0.338 e. The van der Waals surface area contributed by atoms with Crippen molar-refractivity contribution in [3.05, 3.63) is 16.6 Å². The summed E-state index contributed by atoms with van der Waals surface area (Å²) in [6.07, 6.45) is 6.42. The summed E-state index contributed by atoms with van der Waals surface area (Å²) in [5, 5.41) is 5.62. The van der Waals surface area contributed by atoms with Crippen LogP contribution in [-0.2, 0) is 16.6 Å². The van der Waals surface area contributed by atoms with Crippen LogP contribution in [0.5, 0.6) is 0 Å². The molecule has 1 N–H and O–H groups in total. The van der Waals surface area contributed by atoms with Gasteiger partial charge in [-0.05, 0) is 19.3 Å².